The Morgan fingerprint density at radius 2 is 1.75 bits per heavy atom. The van der Waals surface area contributed by atoms with Crippen LogP contribution in [0.1, 0.15) is 54.8 Å². The van der Waals surface area contributed by atoms with Gasteiger partial charge in [0.15, 0.2) is 0 Å². The third-order valence-corrected chi connectivity index (χ3v) is 4.74. The molecule has 3 heteroatoms. The average molecular weight is 322 g/mol. The van der Waals surface area contributed by atoms with Crippen molar-refractivity contribution in [2.75, 3.05) is 0 Å². The fourth-order valence-electron chi connectivity index (χ4n) is 3.15. The lowest BCUT2D eigenvalue weighted by molar-refractivity contribution is 0.205. The van der Waals surface area contributed by atoms with Crippen molar-refractivity contribution in [2.24, 2.45) is 0 Å². The first-order valence-corrected chi connectivity index (χ1v) is 8.82. The first-order valence-electron chi connectivity index (χ1n) is 8.82. The molecule has 2 aromatic carbocycles. The first-order chi connectivity index (χ1) is 11.6. The molecule has 1 aromatic heterocycles. The van der Waals surface area contributed by atoms with E-state index in [0.29, 0.717) is 0 Å². The van der Waals surface area contributed by atoms with Gasteiger partial charge in [-0.25, -0.2) is 4.98 Å². The molecule has 0 bridgehead atoms. The van der Waals surface area contributed by atoms with Crippen LogP contribution < -0.4 is 0 Å². The number of benzene rings is 2. The van der Waals surface area contributed by atoms with Crippen molar-refractivity contribution >= 4 is 11.0 Å². The third-order valence-electron chi connectivity index (χ3n) is 4.74. The summed E-state index contributed by atoms with van der Waals surface area (Å²) in [5.41, 5.74) is 5.48. The molecule has 0 aliphatic heterocycles. The highest BCUT2D eigenvalue weighted by molar-refractivity contribution is 5.78. The summed E-state index contributed by atoms with van der Waals surface area (Å²) < 4.78 is 2.20. The van der Waals surface area contributed by atoms with Gasteiger partial charge < -0.3 is 9.67 Å². The fraction of sp³-hybridized carbons (Fsp3) is 0.381. The minimum atomic E-state index is -0.694. The van der Waals surface area contributed by atoms with Crippen LogP contribution in [0.2, 0.25) is 0 Å². The van der Waals surface area contributed by atoms with E-state index in [1.807, 2.05) is 30.3 Å². The number of hydrogen-bond donors (Lipinski definition) is 1. The van der Waals surface area contributed by atoms with Crippen molar-refractivity contribution in [1.29, 1.82) is 0 Å². The lowest BCUT2D eigenvalue weighted by Crippen LogP contribution is -2.10. The van der Waals surface area contributed by atoms with Crippen LogP contribution in [0.25, 0.3) is 11.0 Å². The van der Waals surface area contributed by atoms with E-state index < -0.39 is 6.10 Å². The van der Waals surface area contributed by atoms with Crippen LogP contribution >= 0.6 is 0 Å². The quantitative estimate of drug-likeness (QED) is 0.654. The van der Waals surface area contributed by atoms with Gasteiger partial charge in [-0.15, -0.1) is 0 Å². The number of aromatic nitrogens is 2. The van der Waals surface area contributed by atoms with Crippen LogP contribution in [0.5, 0.6) is 0 Å². The van der Waals surface area contributed by atoms with Crippen LogP contribution in [0.15, 0.2) is 42.5 Å². The number of hydrogen-bond acceptors (Lipinski definition) is 2. The van der Waals surface area contributed by atoms with Gasteiger partial charge in [0.1, 0.15) is 11.9 Å². The predicted octanol–water partition coefficient (Wildman–Crippen LogP) is 4.93. The van der Waals surface area contributed by atoms with Gasteiger partial charge in [-0.3, -0.25) is 0 Å². The highest BCUT2D eigenvalue weighted by Crippen LogP contribution is 2.28. The number of aliphatic hydroxyl groups is 1. The second-order valence-electron chi connectivity index (χ2n) is 6.57. The first kappa shape index (κ1) is 16.7. The lowest BCUT2D eigenvalue weighted by Gasteiger charge is -2.14. The molecule has 0 aliphatic carbocycles. The Balaban J connectivity index is 2.09. The highest BCUT2D eigenvalue weighted by Gasteiger charge is 2.20. The molecule has 3 aromatic rings. The van der Waals surface area contributed by atoms with E-state index in [1.54, 1.807) is 0 Å². The number of aryl methyl sites for hydroxylation is 3. The molecule has 1 heterocycles. The van der Waals surface area contributed by atoms with Gasteiger partial charge >= 0.3 is 0 Å². The number of unbranched alkanes of at least 4 members (excludes halogenated alkanes) is 2. The van der Waals surface area contributed by atoms with Gasteiger partial charge in [0.25, 0.3) is 0 Å². The zero-order valence-corrected chi connectivity index (χ0v) is 14.8. The Bertz CT molecular complexity index is 821. The smallest absolute Gasteiger partial charge is 0.143 e. The Morgan fingerprint density at radius 3 is 2.46 bits per heavy atom. The Morgan fingerprint density at radius 1 is 1.04 bits per heavy atom. The van der Waals surface area contributed by atoms with E-state index in [9.17, 15) is 5.11 Å². The maximum atomic E-state index is 10.9. The maximum absolute atomic E-state index is 10.9. The van der Waals surface area contributed by atoms with Gasteiger partial charge in [-0.1, -0.05) is 50.1 Å². The predicted molar refractivity (Wildman–Crippen MR) is 99.2 cm³/mol. The molecule has 3 nitrogen and oxygen atoms in total. The molecule has 0 radical (unpaired) electrons. The average Bonchev–Trinajstić information content (AvgIpc) is 2.93. The minimum absolute atomic E-state index is 0.694. The van der Waals surface area contributed by atoms with Gasteiger partial charge in [0.05, 0.1) is 11.0 Å². The number of fused-ring (bicyclic) bond motifs is 1. The number of rotatable bonds is 6. The molecular formula is C21H26N2O. The topological polar surface area (TPSA) is 38.0 Å². The zero-order valence-electron chi connectivity index (χ0n) is 14.8. The van der Waals surface area contributed by atoms with Crippen LogP contribution in [-0.2, 0) is 6.54 Å². The van der Waals surface area contributed by atoms with Crippen LogP contribution in [-0.4, -0.2) is 14.7 Å². The zero-order chi connectivity index (χ0) is 17.1. The molecule has 0 saturated heterocycles. The summed E-state index contributed by atoms with van der Waals surface area (Å²) in [5, 5.41) is 10.9. The molecule has 3 rings (SSSR count). The van der Waals surface area contributed by atoms with Gasteiger partial charge in [0.2, 0.25) is 0 Å². The van der Waals surface area contributed by atoms with E-state index in [0.717, 1.165) is 35.4 Å². The highest BCUT2D eigenvalue weighted by atomic mass is 16.3. The summed E-state index contributed by atoms with van der Waals surface area (Å²) in [5.74, 6) is 0.748. The normalized spacial score (nSPS) is 12.7. The Labute approximate surface area is 144 Å². The lowest BCUT2D eigenvalue weighted by atomic mass is 10.1. The number of aliphatic hydroxyl groups excluding tert-OH is 1. The van der Waals surface area contributed by atoms with Crippen molar-refractivity contribution in [3.8, 4) is 0 Å². The molecule has 0 fully saturated rings. The summed E-state index contributed by atoms with van der Waals surface area (Å²) in [7, 11) is 0. The molecule has 1 N–H and O–H groups in total. The van der Waals surface area contributed by atoms with E-state index in [2.05, 4.69) is 37.5 Å². The van der Waals surface area contributed by atoms with Crippen molar-refractivity contribution < 1.29 is 5.11 Å². The van der Waals surface area contributed by atoms with Crippen LogP contribution in [0.3, 0.4) is 0 Å². The van der Waals surface area contributed by atoms with Crippen LogP contribution in [0, 0.1) is 13.8 Å². The monoisotopic (exact) mass is 322 g/mol. The molecule has 0 spiro atoms. The molecule has 0 aliphatic rings. The second kappa shape index (κ2) is 7.18. The van der Waals surface area contributed by atoms with E-state index in [1.165, 1.54) is 24.0 Å². The number of imidazole rings is 1. The summed E-state index contributed by atoms with van der Waals surface area (Å²) in [6.07, 6.45) is 2.77. The molecule has 24 heavy (non-hydrogen) atoms. The van der Waals surface area contributed by atoms with Gasteiger partial charge in [-0.05, 0) is 49.1 Å². The summed E-state index contributed by atoms with van der Waals surface area (Å²) in [4.78, 5) is 4.78. The molecule has 1 unspecified atom stereocenters. The van der Waals surface area contributed by atoms with Gasteiger partial charge in [0, 0.05) is 6.54 Å². The standard InChI is InChI=1S/C21H26N2O/c1-4-5-9-12-23-19-14-16(3)15(2)13-18(19)22-21(23)20(24)17-10-7-6-8-11-17/h6-8,10-11,13-14,20,24H,4-5,9,12H2,1-3H3. The van der Waals surface area contributed by atoms with E-state index in [-0.39, 0.29) is 0 Å². The molecule has 1 atom stereocenters. The van der Waals surface area contributed by atoms with E-state index >= 15 is 0 Å². The summed E-state index contributed by atoms with van der Waals surface area (Å²) >= 11 is 0. The van der Waals surface area contributed by atoms with Gasteiger partial charge in [-0.2, -0.15) is 0 Å². The molecule has 0 amide bonds. The maximum Gasteiger partial charge on any atom is 0.143 e. The SMILES string of the molecule is CCCCCn1c(C(O)c2ccccc2)nc2cc(C)c(C)cc21. The molecular weight excluding hydrogens is 296 g/mol. The van der Waals surface area contributed by atoms with E-state index in [4.69, 9.17) is 4.98 Å². The van der Waals surface area contributed by atoms with Crippen molar-refractivity contribution in [3.63, 3.8) is 0 Å². The fourth-order valence-corrected chi connectivity index (χ4v) is 3.15. The van der Waals surface area contributed by atoms with Crippen LogP contribution in [0.4, 0.5) is 0 Å². The summed E-state index contributed by atoms with van der Waals surface area (Å²) in [6.45, 7) is 7.34. The summed E-state index contributed by atoms with van der Waals surface area (Å²) in [6, 6.07) is 14.1. The second-order valence-corrected chi connectivity index (χ2v) is 6.57. The number of nitrogens with zero attached hydrogens (tertiary/aromatic N) is 2. The third kappa shape index (κ3) is 3.22. The minimum Gasteiger partial charge on any atom is -0.380 e. The molecule has 0 saturated carbocycles. The van der Waals surface area contributed by atoms with Crippen molar-refractivity contribution in [3.05, 3.63) is 65.0 Å². The Hall–Kier alpha value is -2.13. The van der Waals surface area contributed by atoms with Crippen molar-refractivity contribution in [2.45, 2.75) is 52.7 Å². The molecule has 126 valence electrons. The Kier molecular flexibility index (Phi) is 5.00. The van der Waals surface area contributed by atoms with Crippen molar-refractivity contribution in [1.82, 2.24) is 9.55 Å². The largest absolute Gasteiger partial charge is 0.380 e.